The predicted octanol–water partition coefficient (Wildman–Crippen LogP) is 5.12. The molecule has 2 N–H and O–H groups in total. The summed E-state index contributed by atoms with van der Waals surface area (Å²) in [6, 6.07) is 12.9. The Hall–Kier alpha value is -3.88. The van der Waals surface area contributed by atoms with E-state index in [-0.39, 0.29) is 49.3 Å². The quantitative estimate of drug-likeness (QED) is 0.283. The van der Waals surface area contributed by atoms with E-state index in [1.807, 2.05) is 32.0 Å². The number of amides is 2. The van der Waals surface area contributed by atoms with Crippen molar-refractivity contribution in [2.45, 2.75) is 83.9 Å². The van der Waals surface area contributed by atoms with Crippen LogP contribution in [0.15, 0.2) is 54.6 Å². The Bertz CT molecular complexity index is 1200. The van der Waals surface area contributed by atoms with Crippen LogP contribution in [0.1, 0.15) is 69.9 Å². The lowest BCUT2D eigenvalue weighted by Gasteiger charge is -2.26. The molecule has 1 aliphatic carbocycles. The number of ether oxygens (including phenoxy) is 1. The summed E-state index contributed by atoms with van der Waals surface area (Å²) < 4.78 is 18.8. The Kier molecular flexibility index (Phi) is 12.8. The van der Waals surface area contributed by atoms with Gasteiger partial charge in [-0.25, -0.2) is 9.18 Å². The van der Waals surface area contributed by atoms with Crippen LogP contribution >= 0.6 is 0 Å². The molecule has 1 aliphatic rings. The molecule has 0 aromatic heterocycles. The summed E-state index contributed by atoms with van der Waals surface area (Å²) in [5.41, 5.74) is 1.41. The van der Waals surface area contributed by atoms with Crippen molar-refractivity contribution in [2.75, 3.05) is 0 Å². The van der Waals surface area contributed by atoms with Gasteiger partial charge in [-0.2, -0.15) is 0 Å². The molecule has 0 radical (unpaired) electrons. The molecule has 1 saturated carbocycles. The summed E-state index contributed by atoms with van der Waals surface area (Å²) in [7, 11) is 0. The number of hydrogen-bond acceptors (Lipinski definition) is 6. The van der Waals surface area contributed by atoms with Crippen molar-refractivity contribution in [1.82, 2.24) is 10.6 Å². The number of ketones is 2. The molecule has 42 heavy (non-hydrogen) atoms. The minimum Gasteiger partial charge on any atom is -0.445 e. The molecule has 4 atom stereocenters. The Morgan fingerprint density at radius 2 is 1.71 bits per heavy atom. The fourth-order valence-electron chi connectivity index (χ4n) is 5.31. The van der Waals surface area contributed by atoms with Gasteiger partial charge in [-0.1, -0.05) is 62.7 Å². The lowest BCUT2D eigenvalue weighted by molar-refractivity contribution is -0.132. The molecule has 1 fully saturated rings. The number of rotatable bonds is 15. The van der Waals surface area contributed by atoms with Gasteiger partial charge in [0.15, 0.2) is 5.78 Å². The first-order chi connectivity index (χ1) is 20.1. The van der Waals surface area contributed by atoms with E-state index < -0.39 is 35.8 Å². The number of Topliss-reactive ketones (excluding diaryl/α,β-unsaturated/α-hetero) is 2. The number of carbonyl (C=O) groups excluding carboxylic acids is 5. The number of aldehydes is 1. The number of benzene rings is 2. The molecule has 8 nitrogen and oxygen atoms in total. The number of nitrogens with one attached hydrogen (secondary N) is 2. The van der Waals surface area contributed by atoms with Crippen LogP contribution in [0.4, 0.5) is 9.18 Å². The fraction of sp³-hybridized carbons (Fsp3) is 0.485. The molecular weight excluding hydrogens is 539 g/mol. The monoisotopic (exact) mass is 580 g/mol. The fourth-order valence-corrected chi connectivity index (χ4v) is 5.31. The highest BCUT2D eigenvalue weighted by Crippen LogP contribution is 2.25. The summed E-state index contributed by atoms with van der Waals surface area (Å²) in [5, 5.41) is 5.38. The maximum Gasteiger partial charge on any atom is 0.408 e. The molecule has 2 aromatic rings. The standard InChI is InChI=1S/C33H41FN2O6/c1-22(2)16-26(32(40)35-28(20-37)18-25-10-6-7-11-30(25)38)19-31(39)29(17-23-12-14-27(34)15-13-23)36-33(41)42-21-24-8-4-3-5-9-24/h3-5,8-9,12-15,20,22,25-26,28-29H,6-7,10-11,16-19,21H2,1-2H3,(H,35,40)(H,36,41)/t25-,26+,28-,29-/m0/s1. The van der Waals surface area contributed by atoms with Gasteiger partial charge in [-0.05, 0) is 61.3 Å². The van der Waals surface area contributed by atoms with Gasteiger partial charge in [0, 0.05) is 24.7 Å². The van der Waals surface area contributed by atoms with Crippen molar-refractivity contribution in [1.29, 1.82) is 0 Å². The van der Waals surface area contributed by atoms with Gasteiger partial charge >= 0.3 is 6.09 Å². The first-order valence-corrected chi connectivity index (χ1v) is 14.7. The van der Waals surface area contributed by atoms with Crippen LogP contribution in [0.2, 0.25) is 0 Å². The van der Waals surface area contributed by atoms with Crippen LogP contribution in [-0.4, -0.2) is 41.9 Å². The molecule has 0 aliphatic heterocycles. The van der Waals surface area contributed by atoms with Crippen LogP contribution in [0, 0.1) is 23.6 Å². The average Bonchev–Trinajstić information content (AvgIpc) is 2.97. The molecule has 2 aromatic carbocycles. The topological polar surface area (TPSA) is 119 Å². The van der Waals surface area contributed by atoms with Gasteiger partial charge in [0.1, 0.15) is 24.5 Å². The number of halogens is 1. The van der Waals surface area contributed by atoms with Gasteiger partial charge in [-0.3, -0.25) is 14.4 Å². The molecule has 0 heterocycles. The SMILES string of the molecule is CC(C)C[C@H](CC(=O)[C@H](Cc1ccc(F)cc1)NC(=O)OCc1ccccc1)C(=O)N[C@H](C=O)C[C@@H]1CCCCC1=O. The van der Waals surface area contributed by atoms with Crippen molar-refractivity contribution in [2.24, 2.45) is 17.8 Å². The lowest BCUT2D eigenvalue weighted by atomic mass is 9.83. The summed E-state index contributed by atoms with van der Waals surface area (Å²) in [6.07, 6.45) is 3.34. The maximum atomic E-state index is 13.6. The normalized spacial score (nSPS) is 17.1. The number of hydrogen-bond donors (Lipinski definition) is 2. The number of carbonyl (C=O) groups is 5. The van der Waals surface area contributed by atoms with Crippen LogP contribution in [-0.2, 0) is 36.9 Å². The molecule has 0 saturated heterocycles. The van der Waals surface area contributed by atoms with Gasteiger partial charge < -0.3 is 20.2 Å². The van der Waals surface area contributed by atoms with Crippen molar-refractivity contribution < 1.29 is 33.1 Å². The summed E-state index contributed by atoms with van der Waals surface area (Å²) in [6.45, 7) is 3.87. The Balaban J connectivity index is 1.70. The van der Waals surface area contributed by atoms with Crippen LogP contribution in [0.3, 0.4) is 0 Å². The Morgan fingerprint density at radius 1 is 1.00 bits per heavy atom. The van der Waals surface area contributed by atoms with E-state index >= 15 is 0 Å². The van der Waals surface area contributed by atoms with Crippen LogP contribution in [0.5, 0.6) is 0 Å². The highest BCUT2D eigenvalue weighted by atomic mass is 19.1. The molecule has 0 unspecified atom stereocenters. The van der Waals surface area contributed by atoms with Gasteiger partial charge in [0.2, 0.25) is 5.91 Å². The van der Waals surface area contributed by atoms with E-state index in [1.165, 1.54) is 24.3 Å². The first-order valence-electron chi connectivity index (χ1n) is 14.7. The zero-order valence-corrected chi connectivity index (χ0v) is 24.4. The maximum absolute atomic E-state index is 13.6. The van der Waals surface area contributed by atoms with E-state index in [2.05, 4.69) is 10.6 Å². The Morgan fingerprint density at radius 3 is 2.36 bits per heavy atom. The zero-order chi connectivity index (χ0) is 30.5. The Labute approximate surface area is 246 Å². The largest absolute Gasteiger partial charge is 0.445 e. The molecule has 0 bridgehead atoms. The summed E-state index contributed by atoms with van der Waals surface area (Å²) >= 11 is 0. The van der Waals surface area contributed by atoms with Crippen molar-refractivity contribution >= 4 is 29.9 Å². The second-order valence-electron chi connectivity index (χ2n) is 11.5. The minimum atomic E-state index is -1.03. The molecular formula is C33H41FN2O6. The van der Waals surface area contributed by atoms with Crippen molar-refractivity contribution in [3.8, 4) is 0 Å². The lowest BCUT2D eigenvalue weighted by Crippen LogP contribution is -2.46. The zero-order valence-electron chi connectivity index (χ0n) is 24.4. The third kappa shape index (κ3) is 10.8. The van der Waals surface area contributed by atoms with Gasteiger partial charge in [0.25, 0.3) is 0 Å². The smallest absolute Gasteiger partial charge is 0.408 e. The second-order valence-corrected chi connectivity index (χ2v) is 11.5. The van der Waals surface area contributed by atoms with Crippen molar-refractivity contribution in [3.63, 3.8) is 0 Å². The van der Waals surface area contributed by atoms with E-state index in [1.54, 1.807) is 12.1 Å². The molecule has 3 rings (SSSR count). The average molecular weight is 581 g/mol. The first kappa shape index (κ1) is 32.6. The van der Waals surface area contributed by atoms with Crippen LogP contribution < -0.4 is 10.6 Å². The third-order valence-corrected chi connectivity index (χ3v) is 7.53. The second kappa shape index (κ2) is 16.5. The highest BCUT2D eigenvalue weighted by Gasteiger charge is 2.31. The van der Waals surface area contributed by atoms with E-state index in [0.29, 0.717) is 31.1 Å². The van der Waals surface area contributed by atoms with Gasteiger partial charge in [-0.15, -0.1) is 0 Å². The van der Waals surface area contributed by atoms with Crippen molar-refractivity contribution in [3.05, 3.63) is 71.5 Å². The molecule has 2 amide bonds. The summed E-state index contributed by atoms with van der Waals surface area (Å²) in [5.74, 6) is -2.07. The van der Waals surface area contributed by atoms with E-state index in [9.17, 15) is 28.4 Å². The van der Waals surface area contributed by atoms with Gasteiger partial charge in [0.05, 0.1) is 12.1 Å². The summed E-state index contributed by atoms with van der Waals surface area (Å²) in [4.78, 5) is 63.7. The minimum absolute atomic E-state index is 0.0130. The number of alkyl carbamates (subject to hydrolysis) is 1. The predicted molar refractivity (Wildman–Crippen MR) is 156 cm³/mol. The highest BCUT2D eigenvalue weighted by molar-refractivity contribution is 5.92. The molecule has 226 valence electrons. The third-order valence-electron chi connectivity index (χ3n) is 7.53. The van der Waals surface area contributed by atoms with E-state index in [0.717, 1.165) is 18.4 Å². The van der Waals surface area contributed by atoms with Crippen LogP contribution in [0.25, 0.3) is 0 Å². The molecule has 0 spiro atoms. The molecule has 9 heteroatoms. The van der Waals surface area contributed by atoms with E-state index in [4.69, 9.17) is 4.74 Å².